The van der Waals surface area contributed by atoms with E-state index in [4.69, 9.17) is 4.42 Å². The van der Waals surface area contributed by atoms with Crippen molar-refractivity contribution in [1.29, 1.82) is 0 Å². The van der Waals surface area contributed by atoms with Gasteiger partial charge in [-0.2, -0.15) is 0 Å². The van der Waals surface area contributed by atoms with Gasteiger partial charge in [0, 0.05) is 10.9 Å². The molecule has 0 unspecified atom stereocenters. The highest BCUT2D eigenvalue weighted by atomic mass is 79.9. The summed E-state index contributed by atoms with van der Waals surface area (Å²) in [6.07, 6.45) is 0. The summed E-state index contributed by atoms with van der Waals surface area (Å²) in [4.78, 5) is 4.66. The molecule has 0 saturated heterocycles. The molecule has 0 aliphatic rings. The van der Waals surface area contributed by atoms with E-state index in [1.807, 2.05) is 36.4 Å². The first kappa shape index (κ1) is 14.2. The molecule has 0 spiro atoms. The van der Waals surface area contributed by atoms with Gasteiger partial charge in [-0.25, -0.2) is 4.98 Å². The minimum absolute atomic E-state index is 0.660. The molecule has 0 aliphatic heterocycles. The van der Waals surface area contributed by atoms with Crippen LogP contribution in [-0.2, 0) is 5.33 Å². The average Bonchev–Trinajstić information content (AvgIpc) is 3.06. The van der Waals surface area contributed by atoms with Gasteiger partial charge in [0.25, 0.3) is 0 Å². The van der Waals surface area contributed by atoms with E-state index in [9.17, 15) is 0 Å². The van der Waals surface area contributed by atoms with Gasteiger partial charge < -0.3 is 4.42 Å². The molecule has 112 valence electrons. The third-order valence-corrected chi connectivity index (χ3v) is 4.47. The van der Waals surface area contributed by atoms with Crippen LogP contribution >= 0.6 is 15.9 Å². The fourth-order valence-electron chi connectivity index (χ4n) is 2.65. The van der Waals surface area contributed by atoms with Crippen LogP contribution in [0.15, 0.2) is 77.2 Å². The smallest absolute Gasteiger partial charge is 0.227 e. The van der Waals surface area contributed by atoms with Crippen molar-refractivity contribution in [1.82, 2.24) is 4.98 Å². The molecule has 4 rings (SSSR count). The Morgan fingerprint density at radius 1 is 0.783 bits per heavy atom. The normalized spacial score (nSPS) is 11.0. The van der Waals surface area contributed by atoms with Crippen LogP contribution in [-0.4, -0.2) is 4.98 Å². The number of fused-ring (bicyclic) bond motifs is 1. The molecule has 0 saturated carbocycles. The Labute approximate surface area is 142 Å². The van der Waals surface area contributed by atoms with Crippen LogP contribution in [0.3, 0.4) is 0 Å². The largest absolute Gasteiger partial charge is 0.436 e. The zero-order valence-corrected chi connectivity index (χ0v) is 14.0. The molecule has 0 fully saturated rings. The van der Waals surface area contributed by atoms with E-state index in [1.54, 1.807) is 0 Å². The highest BCUT2D eigenvalue weighted by Crippen LogP contribution is 2.28. The van der Waals surface area contributed by atoms with E-state index in [-0.39, 0.29) is 0 Å². The SMILES string of the molecule is BrCc1cccc(-c2nc3cc(-c4ccccc4)ccc3o2)c1. The minimum atomic E-state index is 0.660. The molecule has 0 bridgehead atoms. The van der Waals surface area contributed by atoms with Crippen LogP contribution < -0.4 is 0 Å². The molecule has 3 aromatic carbocycles. The van der Waals surface area contributed by atoms with Crippen LogP contribution in [0.5, 0.6) is 0 Å². The lowest BCUT2D eigenvalue weighted by Crippen LogP contribution is -1.81. The quantitative estimate of drug-likeness (QED) is 0.413. The van der Waals surface area contributed by atoms with Gasteiger partial charge in [0.1, 0.15) is 5.52 Å². The van der Waals surface area contributed by atoms with Crippen LogP contribution in [0.2, 0.25) is 0 Å². The second kappa shape index (κ2) is 6.01. The molecule has 0 atom stereocenters. The van der Waals surface area contributed by atoms with Gasteiger partial charge in [0.05, 0.1) is 0 Å². The van der Waals surface area contributed by atoms with E-state index >= 15 is 0 Å². The summed E-state index contributed by atoms with van der Waals surface area (Å²) in [6.45, 7) is 0. The van der Waals surface area contributed by atoms with Crippen molar-refractivity contribution in [2.45, 2.75) is 5.33 Å². The fourth-order valence-corrected chi connectivity index (χ4v) is 3.00. The number of oxazole rings is 1. The first-order valence-corrected chi connectivity index (χ1v) is 8.57. The van der Waals surface area contributed by atoms with Gasteiger partial charge in [0.15, 0.2) is 5.58 Å². The number of hydrogen-bond acceptors (Lipinski definition) is 2. The van der Waals surface area contributed by atoms with E-state index in [2.05, 4.69) is 57.3 Å². The maximum Gasteiger partial charge on any atom is 0.227 e. The Hall–Kier alpha value is -2.39. The van der Waals surface area contributed by atoms with Crippen LogP contribution in [0, 0.1) is 0 Å². The van der Waals surface area contributed by atoms with E-state index in [0.717, 1.165) is 27.6 Å². The number of aromatic nitrogens is 1. The standard InChI is InChI=1S/C20H14BrNO/c21-13-14-5-4-8-17(11-14)20-22-18-12-16(9-10-19(18)23-20)15-6-2-1-3-7-15/h1-12H,13H2. The second-order valence-corrected chi connectivity index (χ2v) is 5.96. The molecule has 1 heterocycles. The Kier molecular flexibility index (Phi) is 3.72. The minimum Gasteiger partial charge on any atom is -0.436 e. The Balaban J connectivity index is 1.79. The second-order valence-electron chi connectivity index (χ2n) is 5.40. The molecular formula is C20H14BrNO. The molecule has 3 heteroatoms. The van der Waals surface area contributed by atoms with Crippen molar-refractivity contribution in [2.24, 2.45) is 0 Å². The molecule has 1 aromatic heterocycles. The lowest BCUT2D eigenvalue weighted by Gasteiger charge is -1.99. The van der Waals surface area contributed by atoms with Crippen molar-refractivity contribution >= 4 is 27.0 Å². The molecule has 23 heavy (non-hydrogen) atoms. The predicted octanol–water partition coefficient (Wildman–Crippen LogP) is 6.06. The summed E-state index contributed by atoms with van der Waals surface area (Å²) in [6, 6.07) is 24.7. The molecule has 0 aliphatic carbocycles. The lowest BCUT2D eigenvalue weighted by atomic mass is 10.1. The summed E-state index contributed by atoms with van der Waals surface area (Å²) in [7, 11) is 0. The van der Waals surface area contributed by atoms with Crippen molar-refractivity contribution in [2.75, 3.05) is 0 Å². The highest BCUT2D eigenvalue weighted by molar-refractivity contribution is 9.08. The summed E-state index contributed by atoms with van der Waals surface area (Å²) < 4.78 is 5.92. The van der Waals surface area contributed by atoms with Gasteiger partial charge >= 0.3 is 0 Å². The third kappa shape index (κ3) is 2.80. The number of rotatable bonds is 3. The van der Waals surface area contributed by atoms with Crippen molar-refractivity contribution in [3.8, 4) is 22.6 Å². The van der Waals surface area contributed by atoms with E-state index in [0.29, 0.717) is 5.89 Å². The van der Waals surface area contributed by atoms with Crippen LogP contribution in [0.1, 0.15) is 5.56 Å². The zero-order chi connectivity index (χ0) is 15.6. The molecular weight excluding hydrogens is 350 g/mol. The van der Waals surface area contributed by atoms with E-state index in [1.165, 1.54) is 11.1 Å². The molecule has 2 nitrogen and oxygen atoms in total. The van der Waals surface area contributed by atoms with Crippen LogP contribution in [0.25, 0.3) is 33.7 Å². The predicted molar refractivity (Wildman–Crippen MR) is 97.5 cm³/mol. The fraction of sp³-hybridized carbons (Fsp3) is 0.0500. The number of nitrogens with zero attached hydrogens (tertiary/aromatic N) is 1. The highest BCUT2D eigenvalue weighted by Gasteiger charge is 2.09. The number of alkyl halides is 1. The molecule has 0 radical (unpaired) electrons. The Morgan fingerprint density at radius 3 is 2.43 bits per heavy atom. The lowest BCUT2D eigenvalue weighted by molar-refractivity contribution is 0.620. The van der Waals surface area contributed by atoms with E-state index < -0.39 is 0 Å². The van der Waals surface area contributed by atoms with Gasteiger partial charge in [-0.3, -0.25) is 0 Å². The maximum absolute atomic E-state index is 5.92. The molecule has 0 N–H and O–H groups in total. The summed E-state index contributed by atoms with van der Waals surface area (Å²) in [5, 5.41) is 0.819. The van der Waals surface area contributed by atoms with Gasteiger partial charge in [-0.1, -0.05) is 64.5 Å². The summed E-state index contributed by atoms with van der Waals surface area (Å²) in [5.41, 5.74) is 6.22. The number of halogens is 1. The number of hydrogen-bond donors (Lipinski definition) is 0. The van der Waals surface area contributed by atoms with Gasteiger partial charge in [0.2, 0.25) is 5.89 Å². The van der Waals surface area contributed by atoms with Crippen molar-refractivity contribution < 1.29 is 4.42 Å². The first-order valence-electron chi connectivity index (χ1n) is 7.45. The van der Waals surface area contributed by atoms with Crippen molar-refractivity contribution in [3.63, 3.8) is 0 Å². The first-order chi connectivity index (χ1) is 11.3. The van der Waals surface area contributed by atoms with Gasteiger partial charge in [-0.15, -0.1) is 0 Å². The maximum atomic E-state index is 5.92. The molecule has 0 amide bonds. The Morgan fingerprint density at radius 2 is 1.61 bits per heavy atom. The van der Waals surface area contributed by atoms with Gasteiger partial charge in [-0.05, 0) is 41.0 Å². The number of benzene rings is 3. The monoisotopic (exact) mass is 363 g/mol. The topological polar surface area (TPSA) is 26.0 Å². The summed E-state index contributed by atoms with van der Waals surface area (Å²) >= 11 is 3.48. The zero-order valence-electron chi connectivity index (χ0n) is 12.4. The van der Waals surface area contributed by atoms with Crippen LogP contribution in [0.4, 0.5) is 0 Å². The average molecular weight is 364 g/mol. The summed E-state index contributed by atoms with van der Waals surface area (Å²) in [5.74, 6) is 0.660. The molecule has 4 aromatic rings. The third-order valence-electron chi connectivity index (χ3n) is 3.82. The van der Waals surface area contributed by atoms with Crippen molar-refractivity contribution in [3.05, 3.63) is 78.4 Å². The Bertz CT molecular complexity index is 960.